The molecule has 13 heavy (non-hydrogen) atoms. The van der Waals surface area contributed by atoms with Gasteiger partial charge in [0.15, 0.2) is 0 Å². The molecule has 0 spiro atoms. The van der Waals surface area contributed by atoms with Gasteiger partial charge in [0.25, 0.3) is 0 Å². The van der Waals surface area contributed by atoms with Gasteiger partial charge < -0.3 is 11.1 Å². The van der Waals surface area contributed by atoms with Gasteiger partial charge in [-0.15, -0.1) is 0 Å². The minimum absolute atomic E-state index is 0.664. The Morgan fingerprint density at radius 1 is 1.38 bits per heavy atom. The second-order valence-corrected chi connectivity index (χ2v) is 3.71. The summed E-state index contributed by atoms with van der Waals surface area (Å²) < 4.78 is 0. The zero-order chi connectivity index (χ0) is 9.10. The average molecular weight is 176 g/mol. The van der Waals surface area contributed by atoms with Gasteiger partial charge in [0.1, 0.15) is 0 Å². The zero-order valence-corrected chi connectivity index (χ0v) is 7.79. The predicted molar refractivity (Wildman–Crippen MR) is 55.7 cm³/mol. The van der Waals surface area contributed by atoms with E-state index in [1.807, 2.05) is 12.1 Å². The summed E-state index contributed by atoms with van der Waals surface area (Å²) in [6, 6.07) is 8.25. The van der Waals surface area contributed by atoms with Crippen molar-refractivity contribution in [2.45, 2.75) is 18.8 Å². The largest absolute Gasteiger partial charge is 0.399 e. The Morgan fingerprint density at radius 3 is 3.00 bits per heavy atom. The third-order valence-electron chi connectivity index (χ3n) is 2.68. The maximum absolute atomic E-state index is 5.74. The highest BCUT2D eigenvalue weighted by molar-refractivity contribution is 5.42. The lowest BCUT2D eigenvalue weighted by Gasteiger charge is -2.23. The van der Waals surface area contributed by atoms with Crippen molar-refractivity contribution in [3.63, 3.8) is 0 Å². The van der Waals surface area contributed by atoms with E-state index in [2.05, 4.69) is 17.4 Å². The number of benzene rings is 1. The normalized spacial score (nSPS) is 22.9. The number of rotatable bonds is 1. The molecule has 1 aromatic carbocycles. The minimum atomic E-state index is 0.664. The fraction of sp³-hybridized carbons (Fsp3) is 0.455. The summed E-state index contributed by atoms with van der Waals surface area (Å²) >= 11 is 0. The number of nitrogens with two attached hydrogens (primary N) is 1. The molecule has 2 rings (SSSR count). The van der Waals surface area contributed by atoms with E-state index in [1.165, 1.54) is 24.9 Å². The van der Waals surface area contributed by atoms with Crippen molar-refractivity contribution in [1.29, 1.82) is 0 Å². The van der Waals surface area contributed by atoms with Crippen molar-refractivity contribution >= 4 is 5.69 Å². The summed E-state index contributed by atoms with van der Waals surface area (Å²) in [5.74, 6) is 0.664. The van der Waals surface area contributed by atoms with E-state index in [4.69, 9.17) is 5.73 Å². The first-order valence-corrected chi connectivity index (χ1v) is 4.92. The number of piperidine rings is 1. The Labute approximate surface area is 79.1 Å². The quantitative estimate of drug-likeness (QED) is 0.640. The van der Waals surface area contributed by atoms with E-state index in [1.54, 1.807) is 0 Å². The van der Waals surface area contributed by atoms with Gasteiger partial charge in [0, 0.05) is 12.2 Å². The molecule has 1 heterocycles. The van der Waals surface area contributed by atoms with Crippen LogP contribution in [0.3, 0.4) is 0 Å². The number of anilines is 1. The van der Waals surface area contributed by atoms with Crippen LogP contribution in [-0.4, -0.2) is 13.1 Å². The highest BCUT2D eigenvalue weighted by Gasteiger charge is 2.14. The van der Waals surface area contributed by atoms with Gasteiger partial charge >= 0.3 is 0 Å². The van der Waals surface area contributed by atoms with E-state index < -0.39 is 0 Å². The van der Waals surface area contributed by atoms with Crippen LogP contribution in [0.4, 0.5) is 5.69 Å². The van der Waals surface area contributed by atoms with Crippen molar-refractivity contribution in [1.82, 2.24) is 5.32 Å². The lowest BCUT2D eigenvalue weighted by molar-refractivity contribution is 0.462. The van der Waals surface area contributed by atoms with Crippen LogP contribution in [0.2, 0.25) is 0 Å². The second kappa shape index (κ2) is 3.79. The Balaban J connectivity index is 2.14. The topological polar surface area (TPSA) is 38.0 Å². The van der Waals surface area contributed by atoms with Crippen LogP contribution in [0.1, 0.15) is 24.3 Å². The molecule has 1 aromatic rings. The molecule has 1 fully saturated rings. The number of nitrogen functional groups attached to an aromatic ring is 1. The minimum Gasteiger partial charge on any atom is -0.399 e. The van der Waals surface area contributed by atoms with Gasteiger partial charge in [0.05, 0.1) is 0 Å². The summed E-state index contributed by atoms with van der Waals surface area (Å²) in [4.78, 5) is 0. The number of hydrogen-bond donors (Lipinski definition) is 2. The number of hydrogen-bond acceptors (Lipinski definition) is 2. The molecule has 0 aliphatic carbocycles. The van der Waals surface area contributed by atoms with Crippen LogP contribution in [0, 0.1) is 0 Å². The fourth-order valence-corrected chi connectivity index (χ4v) is 1.95. The first-order valence-electron chi connectivity index (χ1n) is 4.92. The molecule has 0 amide bonds. The van der Waals surface area contributed by atoms with Crippen molar-refractivity contribution in [2.24, 2.45) is 0 Å². The van der Waals surface area contributed by atoms with Crippen LogP contribution >= 0.6 is 0 Å². The molecule has 0 saturated carbocycles. The second-order valence-electron chi connectivity index (χ2n) is 3.71. The molecule has 0 bridgehead atoms. The molecule has 70 valence electrons. The van der Waals surface area contributed by atoms with Gasteiger partial charge in [-0.3, -0.25) is 0 Å². The molecule has 0 aromatic heterocycles. The van der Waals surface area contributed by atoms with E-state index >= 15 is 0 Å². The summed E-state index contributed by atoms with van der Waals surface area (Å²) in [6.07, 6.45) is 2.57. The van der Waals surface area contributed by atoms with Crippen molar-refractivity contribution in [3.05, 3.63) is 29.8 Å². The van der Waals surface area contributed by atoms with Crippen LogP contribution < -0.4 is 11.1 Å². The molecule has 3 N–H and O–H groups in total. The molecule has 0 radical (unpaired) electrons. The average Bonchev–Trinajstić information content (AvgIpc) is 2.19. The molecule has 0 unspecified atom stereocenters. The van der Waals surface area contributed by atoms with Crippen molar-refractivity contribution in [3.8, 4) is 0 Å². The first kappa shape index (κ1) is 8.57. The summed E-state index contributed by atoms with van der Waals surface area (Å²) in [7, 11) is 0. The Bertz CT molecular complexity index is 277. The van der Waals surface area contributed by atoms with Crippen LogP contribution in [0.25, 0.3) is 0 Å². The standard InChI is InChI=1S/C11H16N2/c12-11-5-1-3-9(7-11)10-4-2-6-13-8-10/h1,3,5,7,10,13H,2,4,6,8,12H2/t10-/m1/s1. The van der Waals surface area contributed by atoms with Gasteiger partial charge in [0.2, 0.25) is 0 Å². The first-order chi connectivity index (χ1) is 6.36. The van der Waals surface area contributed by atoms with E-state index in [0.29, 0.717) is 5.92 Å². The Hall–Kier alpha value is -1.02. The monoisotopic (exact) mass is 176 g/mol. The predicted octanol–water partition coefficient (Wildman–Crippen LogP) is 1.74. The lowest BCUT2D eigenvalue weighted by atomic mass is 9.91. The molecule has 1 atom stereocenters. The fourth-order valence-electron chi connectivity index (χ4n) is 1.95. The summed E-state index contributed by atoms with van der Waals surface area (Å²) in [5, 5.41) is 3.41. The molecule has 1 saturated heterocycles. The molecular formula is C11H16N2. The molecular weight excluding hydrogens is 160 g/mol. The summed E-state index contributed by atoms with van der Waals surface area (Å²) in [5.41, 5.74) is 8.00. The van der Waals surface area contributed by atoms with Gasteiger partial charge in [-0.1, -0.05) is 12.1 Å². The molecule has 1 aliphatic heterocycles. The molecule has 2 heteroatoms. The molecule has 2 nitrogen and oxygen atoms in total. The number of nitrogens with one attached hydrogen (secondary N) is 1. The summed E-state index contributed by atoms with van der Waals surface area (Å²) in [6.45, 7) is 2.27. The smallest absolute Gasteiger partial charge is 0.0316 e. The highest BCUT2D eigenvalue weighted by Crippen LogP contribution is 2.24. The third-order valence-corrected chi connectivity index (χ3v) is 2.68. The van der Waals surface area contributed by atoms with E-state index in [9.17, 15) is 0 Å². The highest BCUT2D eigenvalue weighted by atomic mass is 14.9. The van der Waals surface area contributed by atoms with Crippen molar-refractivity contribution < 1.29 is 0 Å². The van der Waals surface area contributed by atoms with Crippen LogP contribution in [0.15, 0.2) is 24.3 Å². The third kappa shape index (κ3) is 2.01. The maximum atomic E-state index is 5.74. The van der Waals surface area contributed by atoms with E-state index in [-0.39, 0.29) is 0 Å². The SMILES string of the molecule is Nc1cccc([C@@H]2CCCNC2)c1. The van der Waals surface area contributed by atoms with Gasteiger partial charge in [-0.25, -0.2) is 0 Å². The maximum Gasteiger partial charge on any atom is 0.0316 e. The zero-order valence-electron chi connectivity index (χ0n) is 7.79. The Morgan fingerprint density at radius 2 is 2.31 bits per heavy atom. The van der Waals surface area contributed by atoms with Gasteiger partial charge in [-0.2, -0.15) is 0 Å². The Kier molecular flexibility index (Phi) is 2.50. The van der Waals surface area contributed by atoms with Gasteiger partial charge in [-0.05, 0) is 43.0 Å². The van der Waals surface area contributed by atoms with Crippen LogP contribution in [-0.2, 0) is 0 Å². The van der Waals surface area contributed by atoms with E-state index in [0.717, 1.165) is 12.2 Å². The molecule has 1 aliphatic rings. The van der Waals surface area contributed by atoms with Crippen LogP contribution in [0.5, 0.6) is 0 Å². The van der Waals surface area contributed by atoms with Crippen molar-refractivity contribution in [2.75, 3.05) is 18.8 Å². The lowest BCUT2D eigenvalue weighted by Crippen LogP contribution is -2.28.